The number of H-pyrrole nitrogens is 1. The minimum atomic E-state index is -0.271. The summed E-state index contributed by atoms with van der Waals surface area (Å²) in [5, 5.41) is 0. The number of aromatic amines is 1. The van der Waals surface area contributed by atoms with Gasteiger partial charge in [0.1, 0.15) is 23.1 Å². The van der Waals surface area contributed by atoms with Crippen LogP contribution in [0.2, 0.25) is 0 Å². The molecule has 0 aliphatic rings. The average Bonchev–Trinajstić information content (AvgIpc) is 3.18. The summed E-state index contributed by atoms with van der Waals surface area (Å²) in [4.78, 5) is 7.40. The molecule has 0 fully saturated rings. The largest absolute Gasteiger partial charge is 0.457 e. The fourth-order valence-corrected chi connectivity index (χ4v) is 2.73. The van der Waals surface area contributed by atoms with E-state index in [1.54, 1.807) is 24.5 Å². The van der Waals surface area contributed by atoms with Crippen molar-refractivity contribution in [2.75, 3.05) is 0 Å². The molecule has 3 nitrogen and oxygen atoms in total. The second-order valence-electron chi connectivity index (χ2n) is 5.54. The summed E-state index contributed by atoms with van der Waals surface area (Å²) in [6.07, 6.45) is 3.41. The zero-order valence-corrected chi connectivity index (χ0v) is 13.3. The van der Waals surface area contributed by atoms with Gasteiger partial charge in [0, 0.05) is 23.5 Å². The molecule has 0 atom stereocenters. The second kappa shape index (κ2) is 6.61. The lowest BCUT2D eigenvalue weighted by molar-refractivity contribution is 0.483. The van der Waals surface area contributed by atoms with Gasteiger partial charge in [0.25, 0.3) is 0 Å². The minimum Gasteiger partial charge on any atom is -0.457 e. The Morgan fingerprint density at radius 3 is 2.32 bits per heavy atom. The molecule has 0 aliphatic carbocycles. The highest BCUT2D eigenvalue weighted by molar-refractivity contribution is 5.82. The molecule has 0 spiro atoms. The van der Waals surface area contributed by atoms with Crippen LogP contribution < -0.4 is 4.74 Å². The Morgan fingerprint density at radius 2 is 1.56 bits per heavy atom. The van der Waals surface area contributed by atoms with Crippen molar-refractivity contribution in [2.45, 2.75) is 0 Å². The Labute approximate surface area is 144 Å². The van der Waals surface area contributed by atoms with Crippen molar-refractivity contribution in [2.24, 2.45) is 0 Å². The van der Waals surface area contributed by atoms with Crippen LogP contribution in [0.25, 0.3) is 22.5 Å². The predicted octanol–water partition coefficient (Wildman–Crippen LogP) is 5.68. The number of para-hydroxylation sites is 1. The van der Waals surface area contributed by atoms with Crippen molar-refractivity contribution in [3.63, 3.8) is 0 Å². The van der Waals surface area contributed by atoms with E-state index in [0.29, 0.717) is 17.1 Å². The zero-order chi connectivity index (χ0) is 17.1. The molecule has 0 bridgehead atoms. The van der Waals surface area contributed by atoms with Gasteiger partial charge in [-0.05, 0) is 42.0 Å². The van der Waals surface area contributed by atoms with Crippen LogP contribution >= 0.6 is 0 Å². The highest BCUT2D eigenvalue weighted by Gasteiger charge is 2.14. The van der Waals surface area contributed by atoms with Gasteiger partial charge < -0.3 is 9.72 Å². The van der Waals surface area contributed by atoms with Crippen LogP contribution in [0.15, 0.2) is 85.2 Å². The highest BCUT2D eigenvalue weighted by Crippen LogP contribution is 2.35. The Morgan fingerprint density at radius 1 is 0.760 bits per heavy atom. The lowest BCUT2D eigenvalue weighted by atomic mass is 9.98. The van der Waals surface area contributed by atoms with Crippen molar-refractivity contribution in [3.05, 3.63) is 91.0 Å². The highest BCUT2D eigenvalue weighted by atomic mass is 19.1. The molecule has 0 saturated heterocycles. The van der Waals surface area contributed by atoms with Gasteiger partial charge in [0.2, 0.25) is 0 Å². The van der Waals surface area contributed by atoms with Gasteiger partial charge in [0.05, 0.1) is 0 Å². The third kappa shape index (κ3) is 3.15. The Hall–Kier alpha value is -3.40. The van der Waals surface area contributed by atoms with E-state index in [4.69, 9.17) is 4.74 Å². The van der Waals surface area contributed by atoms with Crippen LogP contribution in [0.5, 0.6) is 11.5 Å². The predicted molar refractivity (Wildman–Crippen MR) is 95.9 cm³/mol. The summed E-state index contributed by atoms with van der Waals surface area (Å²) in [6, 6.07) is 21.8. The van der Waals surface area contributed by atoms with E-state index in [-0.39, 0.29) is 5.82 Å². The first-order valence-electron chi connectivity index (χ1n) is 7.93. The number of nitrogens with zero attached hydrogens (tertiary/aromatic N) is 1. The van der Waals surface area contributed by atoms with Crippen molar-refractivity contribution >= 4 is 0 Å². The first kappa shape index (κ1) is 15.1. The normalized spacial score (nSPS) is 10.6. The molecule has 4 heteroatoms. The number of nitrogens with one attached hydrogen (secondary N) is 1. The second-order valence-corrected chi connectivity index (χ2v) is 5.54. The van der Waals surface area contributed by atoms with E-state index in [9.17, 15) is 4.39 Å². The number of imidazole rings is 1. The van der Waals surface area contributed by atoms with Crippen molar-refractivity contribution in [3.8, 4) is 34.0 Å². The molecule has 122 valence electrons. The molecule has 0 saturated carbocycles. The van der Waals surface area contributed by atoms with Gasteiger partial charge in [-0.3, -0.25) is 0 Å². The number of rotatable bonds is 4. The first-order valence-corrected chi connectivity index (χ1v) is 7.93. The molecule has 1 heterocycles. The number of hydrogen-bond donors (Lipinski definition) is 1. The topological polar surface area (TPSA) is 37.9 Å². The van der Waals surface area contributed by atoms with Gasteiger partial charge >= 0.3 is 0 Å². The van der Waals surface area contributed by atoms with E-state index >= 15 is 0 Å². The van der Waals surface area contributed by atoms with E-state index in [0.717, 1.165) is 16.9 Å². The molecule has 25 heavy (non-hydrogen) atoms. The van der Waals surface area contributed by atoms with Crippen molar-refractivity contribution in [1.29, 1.82) is 0 Å². The van der Waals surface area contributed by atoms with Gasteiger partial charge in [0.15, 0.2) is 0 Å². The zero-order valence-electron chi connectivity index (χ0n) is 13.3. The van der Waals surface area contributed by atoms with Crippen molar-refractivity contribution in [1.82, 2.24) is 9.97 Å². The first-order chi connectivity index (χ1) is 12.3. The maximum absolute atomic E-state index is 14.3. The molecule has 0 radical (unpaired) electrons. The fourth-order valence-electron chi connectivity index (χ4n) is 2.73. The number of ether oxygens (including phenoxy) is 1. The van der Waals surface area contributed by atoms with Crippen molar-refractivity contribution < 1.29 is 9.13 Å². The third-order valence-electron chi connectivity index (χ3n) is 3.89. The summed E-state index contributed by atoms with van der Waals surface area (Å²) < 4.78 is 20.2. The smallest absolute Gasteiger partial charge is 0.138 e. The Bertz CT molecular complexity index is 982. The molecule has 4 rings (SSSR count). The van der Waals surface area contributed by atoms with Gasteiger partial charge in [-0.15, -0.1) is 0 Å². The van der Waals surface area contributed by atoms with Crippen LogP contribution in [0.3, 0.4) is 0 Å². The quantitative estimate of drug-likeness (QED) is 0.523. The monoisotopic (exact) mass is 330 g/mol. The minimum absolute atomic E-state index is 0.271. The summed E-state index contributed by atoms with van der Waals surface area (Å²) in [5.74, 6) is 1.80. The van der Waals surface area contributed by atoms with E-state index in [2.05, 4.69) is 9.97 Å². The maximum atomic E-state index is 14.3. The number of benzene rings is 3. The van der Waals surface area contributed by atoms with Gasteiger partial charge in [-0.2, -0.15) is 0 Å². The molecule has 0 amide bonds. The fraction of sp³-hybridized carbons (Fsp3) is 0. The standard InChI is InChI=1S/C21H15FN2O/c22-20-9-5-4-8-18(20)17-11-10-16(25-15-6-2-1-3-7-15)14-19(17)21-23-12-13-24-21/h1-14H,(H,23,24). The summed E-state index contributed by atoms with van der Waals surface area (Å²) >= 11 is 0. The van der Waals surface area contributed by atoms with E-state index in [1.807, 2.05) is 54.6 Å². The number of halogens is 1. The Balaban J connectivity index is 1.81. The molecule has 3 aromatic carbocycles. The molecular formula is C21H15FN2O. The third-order valence-corrected chi connectivity index (χ3v) is 3.89. The van der Waals surface area contributed by atoms with Gasteiger partial charge in [-0.25, -0.2) is 9.37 Å². The average molecular weight is 330 g/mol. The molecule has 1 N–H and O–H groups in total. The van der Waals surface area contributed by atoms with Crippen LogP contribution in [0.1, 0.15) is 0 Å². The molecule has 4 aromatic rings. The summed E-state index contributed by atoms with van der Waals surface area (Å²) in [7, 11) is 0. The lowest BCUT2D eigenvalue weighted by Crippen LogP contribution is -1.92. The molecular weight excluding hydrogens is 315 g/mol. The van der Waals surface area contributed by atoms with E-state index in [1.165, 1.54) is 6.07 Å². The molecule has 0 aliphatic heterocycles. The maximum Gasteiger partial charge on any atom is 0.138 e. The van der Waals surface area contributed by atoms with Gasteiger partial charge in [-0.1, -0.05) is 36.4 Å². The van der Waals surface area contributed by atoms with E-state index < -0.39 is 0 Å². The number of hydrogen-bond acceptors (Lipinski definition) is 2. The SMILES string of the molecule is Fc1ccccc1-c1ccc(Oc2ccccc2)cc1-c1ncc[nH]1. The summed E-state index contributed by atoms with van der Waals surface area (Å²) in [5.41, 5.74) is 2.07. The summed E-state index contributed by atoms with van der Waals surface area (Å²) in [6.45, 7) is 0. The van der Waals surface area contributed by atoms with Crippen LogP contribution in [0, 0.1) is 5.82 Å². The lowest BCUT2D eigenvalue weighted by Gasteiger charge is -2.12. The van der Waals surface area contributed by atoms with Crippen LogP contribution in [-0.4, -0.2) is 9.97 Å². The van der Waals surface area contributed by atoms with Crippen LogP contribution in [0.4, 0.5) is 4.39 Å². The van der Waals surface area contributed by atoms with Crippen LogP contribution in [-0.2, 0) is 0 Å². The Kier molecular flexibility index (Phi) is 4.01. The number of aromatic nitrogens is 2. The molecule has 0 unspecified atom stereocenters. The molecule has 1 aromatic heterocycles.